The molecule has 3 aromatic carbocycles. The number of amides is 3. The number of benzene rings is 3. The number of carbonyl (C=O) groups excluding carboxylic acids is 2. The molecule has 2 bridgehead atoms. The number of hydrogen-bond donors (Lipinski definition) is 0. The van der Waals surface area contributed by atoms with E-state index < -0.39 is 17.8 Å². The summed E-state index contributed by atoms with van der Waals surface area (Å²) in [6, 6.07) is 21.1. The first-order chi connectivity index (χ1) is 14.9. The van der Waals surface area contributed by atoms with Crippen LogP contribution in [0, 0.1) is 6.92 Å². The van der Waals surface area contributed by atoms with Crippen molar-refractivity contribution < 1.29 is 14.3 Å². The Hall–Kier alpha value is -3.31. The second-order valence-corrected chi connectivity index (χ2v) is 8.56. The number of para-hydroxylation sites is 1. The first kappa shape index (κ1) is 19.6. The molecular formula is C25H21ClN2O3. The monoisotopic (exact) mass is 432 g/mol. The largest absolute Gasteiger partial charge is 0.467 e. The molecule has 2 aliphatic heterocycles. The fourth-order valence-electron chi connectivity index (χ4n) is 4.55. The molecule has 3 amide bonds. The molecule has 0 N–H and O–H groups in total. The van der Waals surface area contributed by atoms with Gasteiger partial charge in [-0.1, -0.05) is 48.0 Å². The van der Waals surface area contributed by atoms with Crippen LogP contribution in [0.3, 0.4) is 0 Å². The number of hydrogen-bond acceptors (Lipinski definition) is 3. The summed E-state index contributed by atoms with van der Waals surface area (Å²) in [6.07, 6.45) is 0.454. The molecule has 2 aliphatic rings. The number of urea groups is 1. The van der Waals surface area contributed by atoms with Crippen molar-refractivity contribution >= 4 is 29.2 Å². The van der Waals surface area contributed by atoms with Gasteiger partial charge in [-0.15, -0.1) is 0 Å². The molecular weight excluding hydrogens is 412 g/mol. The molecule has 1 fully saturated rings. The fourth-order valence-corrected chi connectivity index (χ4v) is 4.68. The highest BCUT2D eigenvalue weighted by Crippen LogP contribution is 2.49. The van der Waals surface area contributed by atoms with Crippen LogP contribution in [0.15, 0.2) is 72.8 Å². The maximum absolute atomic E-state index is 13.9. The summed E-state index contributed by atoms with van der Waals surface area (Å²) in [5.41, 5.74) is 1.86. The van der Waals surface area contributed by atoms with Gasteiger partial charge in [0.2, 0.25) is 0 Å². The van der Waals surface area contributed by atoms with E-state index in [1.165, 1.54) is 4.90 Å². The van der Waals surface area contributed by atoms with E-state index in [1.807, 2.05) is 56.3 Å². The molecule has 5 rings (SSSR count). The highest BCUT2D eigenvalue weighted by molar-refractivity contribution is 6.30. The van der Waals surface area contributed by atoms with Gasteiger partial charge in [0.25, 0.3) is 5.91 Å². The second-order valence-electron chi connectivity index (χ2n) is 8.12. The number of aryl methyl sites for hydroxylation is 1. The molecule has 2 atom stereocenters. The van der Waals surface area contributed by atoms with E-state index in [2.05, 4.69) is 0 Å². The van der Waals surface area contributed by atoms with Crippen LogP contribution in [0.2, 0.25) is 5.02 Å². The van der Waals surface area contributed by atoms with Gasteiger partial charge in [-0.2, -0.15) is 0 Å². The Morgan fingerprint density at radius 2 is 1.71 bits per heavy atom. The molecule has 0 spiro atoms. The predicted molar refractivity (Wildman–Crippen MR) is 120 cm³/mol. The van der Waals surface area contributed by atoms with E-state index in [9.17, 15) is 9.59 Å². The molecule has 0 radical (unpaired) electrons. The van der Waals surface area contributed by atoms with Gasteiger partial charge < -0.3 is 4.74 Å². The summed E-state index contributed by atoms with van der Waals surface area (Å²) >= 11 is 6.07. The molecule has 2 heterocycles. The van der Waals surface area contributed by atoms with Gasteiger partial charge in [-0.25, -0.2) is 4.79 Å². The first-order valence-corrected chi connectivity index (χ1v) is 10.5. The van der Waals surface area contributed by atoms with Gasteiger partial charge >= 0.3 is 6.03 Å². The minimum absolute atomic E-state index is 0.314. The third kappa shape index (κ3) is 3.08. The Bertz CT molecular complexity index is 1190. The quantitative estimate of drug-likeness (QED) is 0.501. The van der Waals surface area contributed by atoms with E-state index in [0.29, 0.717) is 28.4 Å². The number of imide groups is 1. The zero-order valence-corrected chi connectivity index (χ0v) is 18.0. The lowest BCUT2D eigenvalue weighted by molar-refractivity contribution is 0.00266. The second kappa shape index (κ2) is 7.13. The van der Waals surface area contributed by atoms with Crippen LogP contribution in [0.4, 0.5) is 10.5 Å². The van der Waals surface area contributed by atoms with Crippen molar-refractivity contribution in [1.82, 2.24) is 4.90 Å². The van der Waals surface area contributed by atoms with Crippen molar-refractivity contribution in [2.75, 3.05) is 4.90 Å². The van der Waals surface area contributed by atoms with Gasteiger partial charge in [-0.3, -0.25) is 14.6 Å². The van der Waals surface area contributed by atoms with Gasteiger partial charge in [0.15, 0.2) is 5.72 Å². The molecule has 0 aromatic heterocycles. The summed E-state index contributed by atoms with van der Waals surface area (Å²) in [5.74, 6) is 0.362. The number of ether oxygens (including phenoxy) is 1. The van der Waals surface area contributed by atoms with Gasteiger partial charge in [0.05, 0.1) is 6.04 Å². The minimum atomic E-state index is -0.938. The van der Waals surface area contributed by atoms with Gasteiger partial charge in [-0.05, 0) is 55.8 Å². The minimum Gasteiger partial charge on any atom is -0.467 e. The first-order valence-electron chi connectivity index (χ1n) is 10.2. The smallest absolute Gasteiger partial charge is 0.335 e. The lowest BCUT2D eigenvalue weighted by atomic mass is 9.88. The number of halogens is 1. The number of rotatable bonds is 2. The Labute approximate surface area is 185 Å². The molecule has 156 valence electrons. The lowest BCUT2D eigenvalue weighted by Gasteiger charge is -2.53. The van der Waals surface area contributed by atoms with E-state index >= 15 is 0 Å². The van der Waals surface area contributed by atoms with E-state index in [0.717, 1.165) is 11.1 Å². The van der Waals surface area contributed by atoms with Crippen LogP contribution < -0.4 is 9.64 Å². The highest BCUT2D eigenvalue weighted by atomic mass is 35.5. The summed E-state index contributed by atoms with van der Waals surface area (Å²) in [7, 11) is 0. The zero-order valence-electron chi connectivity index (χ0n) is 17.2. The van der Waals surface area contributed by atoms with E-state index in [1.54, 1.807) is 35.2 Å². The summed E-state index contributed by atoms with van der Waals surface area (Å²) in [6.45, 7) is 3.76. The maximum Gasteiger partial charge on any atom is 0.335 e. The molecule has 6 heteroatoms. The molecule has 2 unspecified atom stereocenters. The molecule has 1 saturated heterocycles. The van der Waals surface area contributed by atoms with Crippen LogP contribution in [0.25, 0.3) is 0 Å². The van der Waals surface area contributed by atoms with Crippen molar-refractivity contribution in [3.05, 3.63) is 94.5 Å². The zero-order chi connectivity index (χ0) is 21.8. The molecule has 31 heavy (non-hydrogen) atoms. The Kier molecular flexibility index (Phi) is 4.52. The summed E-state index contributed by atoms with van der Waals surface area (Å²) < 4.78 is 6.35. The molecule has 3 aromatic rings. The third-order valence-corrected chi connectivity index (χ3v) is 6.29. The Balaban J connectivity index is 1.68. The molecule has 0 aliphatic carbocycles. The highest BCUT2D eigenvalue weighted by Gasteiger charge is 2.55. The standard InChI is InChI=1S/C25H21ClN2O3/c1-16-7-3-4-8-19(16)23(29)27-21-15-25(2,31-22-10-6-5-9-20(21)22)28(24(27)30)18-13-11-17(26)12-14-18/h3-14,21H,15H2,1-2H3. The number of anilines is 1. The van der Waals surface area contributed by atoms with Crippen molar-refractivity contribution in [2.24, 2.45) is 0 Å². The SMILES string of the molecule is Cc1ccccc1C(=O)N1C(=O)N(c2ccc(Cl)cc2)C2(C)CC1c1ccccc1O2. The number of fused-ring (bicyclic) bond motifs is 4. The van der Waals surface area contributed by atoms with Crippen LogP contribution in [-0.4, -0.2) is 22.6 Å². The van der Waals surface area contributed by atoms with Gasteiger partial charge in [0, 0.05) is 28.3 Å². The van der Waals surface area contributed by atoms with Crippen LogP contribution >= 0.6 is 11.6 Å². The number of carbonyl (C=O) groups is 2. The van der Waals surface area contributed by atoms with Crippen molar-refractivity contribution in [1.29, 1.82) is 0 Å². The van der Waals surface area contributed by atoms with E-state index in [-0.39, 0.29) is 5.91 Å². The van der Waals surface area contributed by atoms with Crippen molar-refractivity contribution in [2.45, 2.75) is 32.0 Å². The topological polar surface area (TPSA) is 49.9 Å². The van der Waals surface area contributed by atoms with Crippen molar-refractivity contribution in [3.8, 4) is 5.75 Å². The summed E-state index contributed by atoms with van der Waals surface area (Å²) in [4.78, 5) is 30.5. The van der Waals surface area contributed by atoms with Gasteiger partial charge in [0.1, 0.15) is 5.75 Å². The van der Waals surface area contributed by atoms with Crippen LogP contribution in [0.1, 0.15) is 40.9 Å². The van der Waals surface area contributed by atoms with E-state index in [4.69, 9.17) is 16.3 Å². The molecule has 5 nitrogen and oxygen atoms in total. The molecule has 0 saturated carbocycles. The number of nitrogens with zero attached hydrogens (tertiary/aromatic N) is 2. The van der Waals surface area contributed by atoms with Crippen LogP contribution in [0.5, 0.6) is 5.75 Å². The average Bonchev–Trinajstić information content (AvgIpc) is 2.75. The normalized spacial score (nSPS) is 22.0. The maximum atomic E-state index is 13.9. The van der Waals surface area contributed by atoms with Crippen molar-refractivity contribution in [3.63, 3.8) is 0 Å². The Morgan fingerprint density at radius 1 is 1.03 bits per heavy atom. The summed E-state index contributed by atoms with van der Waals surface area (Å²) in [5, 5.41) is 0.569. The average molecular weight is 433 g/mol. The predicted octanol–water partition coefficient (Wildman–Crippen LogP) is 5.97. The third-order valence-electron chi connectivity index (χ3n) is 6.04. The van der Waals surface area contributed by atoms with Crippen LogP contribution in [-0.2, 0) is 0 Å². The fraction of sp³-hybridized carbons (Fsp3) is 0.200. The Morgan fingerprint density at radius 3 is 2.45 bits per heavy atom. The lowest BCUT2D eigenvalue weighted by Crippen LogP contribution is -2.67.